The van der Waals surface area contributed by atoms with Gasteiger partial charge >= 0.3 is 0 Å². The predicted octanol–water partition coefficient (Wildman–Crippen LogP) is 3.84. The standard InChI is InChI=1S/C20H29N5O/c1-5-25(6-2)17-9-7-16(8-10-17)23-20-22-14-12-18(24-20)19(26)21-13-11-15(3)4/h7-10,12,14-15H,5-6,11,13H2,1-4H3,(H,21,26)(H,22,23,24). The fourth-order valence-corrected chi connectivity index (χ4v) is 2.58. The molecule has 1 heterocycles. The third-order valence-electron chi connectivity index (χ3n) is 4.15. The molecular formula is C20H29N5O. The van der Waals surface area contributed by atoms with E-state index in [1.165, 1.54) is 5.69 Å². The minimum Gasteiger partial charge on any atom is -0.372 e. The molecule has 0 saturated heterocycles. The summed E-state index contributed by atoms with van der Waals surface area (Å²) >= 11 is 0. The molecule has 2 N–H and O–H groups in total. The Balaban J connectivity index is 2.00. The minimum atomic E-state index is -0.173. The maximum Gasteiger partial charge on any atom is 0.270 e. The van der Waals surface area contributed by atoms with Crippen LogP contribution in [0.1, 0.15) is 44.6 Å². The fraction of sp³-hybridized carbons (Fsp3) is 0.450. The van der Waals surface area contributed by atoms with Gasteiger partial charge in [0.05, 0.1) is 0 Å². The molecule has 26 heavy (non-hydrogen) atoms. The number of benzene rings is 1. The molecule has 0 atom stereocenters. The van der Waals surface area contributed by atoms with Crippen molar-refractivity contribution in [3.05, 3.63) is 42.2 Å². The zero-order valence-electron chi connectivity index (χ0n) is 16.1. The van der Waals surface area contributed by atoms with Crippen molar-refractivity contribution in [1.29, 1.82) is 0 Å². The van der Waals surface area contributed by atoms with Gasteiger partial charge in [-0.25, -0.2) is 9.97 Å². The molecule has 1 aromatic carbocycles. The van der Waals surface area contributed by atoms with Gasteiger partial charge in [-0.3, -0.25) is 4.79 Å². The topological polar surface area (TPSA) is 70.2 Å². The van der Waals surface area contributed by atoms with E-state index in [-0.39, 0.29) is 5.91 Å². The largest absolute Gasteiger partial charge is 0.372 e. The first-order chi connectivity index (χ1) is 12.5. The second kappa shape index (κ2) is 9.75. The maximum atomic E-state index is 12.2. The normalized spacial score (nSPS) is 10.7. The number of aromatic nitrogens is 2. The summed E-state index contributed by atoms with van der Waals surface area (Å²) in [5, 5.41) is 6.05. The van der Waals surface area contributed by atoms with Crippen LogP contribution in [0.25, 0.3) is 0 Å². The quantitative estimate of drug-likeness (QED) is 0.715. The zero-order chi connectivity index (χ0) is 18.9. The van der Waals surface area contributed by atoms with Gasteiger partial charge in [0.2, 0.25) is 5.95 Å². The number of nitrogens with zero attached hydrogens (tertiary/aromatic N) is 3. The Morgan fingerprint density at radius 1 is 1.12 bits per heavy atom. The van der Waals surface area contributed by atoms with Gasteiger partial charge in [0.1, 0.15) is 5.69 Å². The molecule has 140 valence electrons. The van der Waals surface area contributed by atoms with Gasteiger partial charge in [-0.15, -0.1) is 0 Å². The summed E-state index contributed by atoms with van der Waals surface area (Å²) in [6.45, 7) is 11.1. The van der Waals surface area contributed by atoms with E-state index in [0.29, 0.717) is 24.1 Å². The van der Waals surface area contributed by atoms with E-state index in [2.05, 4.69) is 65.3 Å². The first-order valence-electron chi connectivity index (χ1n) is 9.26. The number of carbonyl (C=O) groups is 1. The van der Waals surface area contributed by atoms with Gasteiger partial charge in [-0.1, -0.05) is 13.8 Å². The Bertz CT molecular complexity index is 696. The molecule has 1 aromatic heterocycles. The summed E-state index contributed by atoms with van der Waals surface area (Å²) in [4.78, 5) is 23.0. The van der Waals surface area contributed by atoms with Gasteiger partial charge in [0.15, 0.2) is 0 Å². The molecule has 6 heteroatoms. The molecule has 0 aliphatic heterocycles. The first kappa shape index (κ1) is 19.7. The van der Waals surface area contributed by atoms with Gasteiger partial charge in [0.25, 0.3) is 5.91 Å². The SMILES string of the molecule is CCN(CC)c1ccc(Nc2nccc(C(=O)NCCC(C)C)n2)cc1. The lowest BCUT2D eigenvalue weighted by Crippen LogP contribution is -2.26. The summed E-state index contributed by atoms with van der Waals surface area (Å²) < 4.78 is 0. The molecule has 1 amide bonds. The molecule has 2 aromatic rings. The molecule has 0 saturated carbocycles. The summed E-state index contributed by atoms with van der Waals surface area (Å²) in [5.41, 5.74) is 2.43. The van der Waals surface area contributed by atoms with Crippen LogP contribution in [0.3, 0.4) is 0 Å². The highest BCUT2D eigenvalue weighted by molar-refractivity contribution is 5.92. The minimum absolute atomic E-state index is 0.173. The number of hydrogen-bond acceptors (Lipinski definition) is 5. The van der Waals surface area contributed by atoms with Crippen molar-refractivity contribution in [3.63, 3.8) is 0 Å². The highest BCUT2D eigenvalue weighted by Gasteiger charge is 2.09. The number of rotatable bonds is 9. The number of amides is 1. The Morgan fingerprint density at radius 3 is 2.42 bits per heavy atom. The van der Waals surface area contributed by atoms with Crippen LogP contribution in [0.5, 0.6) is 0 Å². The Hall–Kier alpha value is -2.63. The number of hydrogen-bond donors (Lipinski definition) is 2. The van der Waals surface area contributed by atoms with Crippen molar-refractivity contribution >= 4 is 23.2 Å². The monoisotopic (exact) mass is 355 g/mol. The molecular weight excluding hydrogens is 326 g/mol. The number of anilines is 3. The highest BCUT2D eigenvalue weighted by Crippen LogP contribution is 2.19. The Kier molecular flexibility index (Phi) is 7.38. The van der Waals surface area contributed by atoms with Crippen LogP contribution in [-0.4, -0.2) is 35.5 Å². The van der Waals surface area contributed by atoms with Gasteiger partial charge in [0, 0.05) is 37.2 Å². The van der Waals surface area contributed by atoms with Crippen molar-refractivity contribution in [2.24, 2.45) is 5.92 Å². The molecule has 2 rings (SSSR count). The van der Waals surface area contributed by atoms with Crippen LogP contribution >= 0.6 is 0 Å². The Morgan fingerprint density at radius 2 is 1.81 bits per heavy atom. The predicted molar refractivity (Wildman–Crippen MR) is 107 cm³/mol. The summed E-state index contributed by atoms with van der Waals surface area (Å²) in [7, 11) is 0. The lowest BCUT2D eigenvalue weighted by Gasteiger charge is -2.21. The van der Waals surface area contributed by atoms with Crippen LogP contribution in [0.4, 0.5) is 17.3 Å². The summed E-state index contributed by atoms with van der Waals surface area (Å²) in [6, 6.07) is 9.74. The molecule has 0 spiro atoms. The van der Waals surface area contributed by atoms with Crippen molar-refractivity contribution in [2.45, 2.75) is 34.1 Å². The van der Waals surface area contributed by atoms with Crippen LogP contribution in [0.15, 0.2) is 36.5 Å². The second-order valence-electron chi connectivity index (χ2n) is 6.55. The molecule has 0 radical (unpaired) electrons. The second-order valence-corrected chi connectivity index (χ2v) is 6.55. The van der Waals surface area contributed by atoms with Crippen molar-refractivity contribution in [2.75, 3.05) is 29.9 Å². The van der Waals surface area contributed by atoms with E-state index in [4.69, 9.17) is 0 Å². The third kappa shape index (κ3) is 5.72. The van der Waals surface area contributed by atoms with Gasteiger partial charge in [-0.2, -0.15) is 0 Å². The lowest BCUT2D eigenvalue weighted by molar-refractivity contribution is 0.0947. The van der Waals surface area contributed by atoms with Crippen molar-refractivity contribution in [1.82, 2.24) is 15.3 Å². The third-order valence-corrected chi connectivity index (χ3v) is 4.15. The fourth-order valence-electron chi connectivity index (χ4n) is 2.58. The van der Waals surface area contributed by atoms with Crippen molar-refractivity contribution < 1.29 is 4.79 Å². The zero-order valence-corrected chi connectivity index (χ0v) is 16.1. The number of carbonyl (C=O) groups excluding carboxylic acids is 1. The molecule has 6 nitrogen and oxygen atoms in total. The van der Waals surface area contributed by atoms with Gasteiger partial charge in [-0.05, 0) is 56.5 Å². The van der Waals surface area contributed by atoms with Crippen LogP contribution < -0.4 is 15.5 Å². The van der Waals surface area contributed by atoms with E-state index >= 15 is 0 Å². The molecule has 0 bridgehead atoms. The lowest BCUT2D eigenvalue weighted by atomic mass is 10.1. The van der Waals surface area contributed by atoms with Crippen LogP contribution in [-0.2, 0) is 0 Å². The van der Waals surface area contributed by atoms with E-state index in [9.17, 15) is 4.79 Å². The average molecular weight is 355 g/mol. The average Bonchev–Trinajstić information content (AvgIpc) is 2.64. The van der Waals surface area contributed by atoms with Gasteiger partial charge < -0.3 is 15.5 Å². The van der Waals surface area contributed by atoms with E-state index in [0.717, 1.165) is 25.2 Å². The molecule has 0 aliphatic rings. The first-order valence-corrected chi connectivity index (χ1v) is 9.26. The highest BCUT2D eigenvalue weighted by atomic mass is 16.1. The smallest absolute Gasteiger partial charge is 0.270 e. The molecule has 0 unspecified atom stereocenters. The summed E-state index contributed by atoms with van der Waals surface area (Å²) in [5.74, 6) is 0.794. The Labute approximate surface area is 156 Å². The van der Waals surface area contributed by atoms with E-state index < -0.39 is 0 Å². The maximum absolute atomic E-state index is 12.2. The molecule has 0 aliphatic carbocycles. The van der Waals surface area contributed by atoms with Crippen molar-refractivity contribution in [3.8, 4) is 0 Å². The van der Waals surface area contributed by atoms with Crippen LogP contribution in [0.2, 0.25) is 0 Å². The number of nitrogens with one attached hydrogen (secondary N) is 2. The summed E-state index contributed by atoms with van der Waals surface area (Å²) in [6.07, 6.45) is 2.54. The van der Waals surface area contributed by atoms with Crippen LogP contribution in [0, 0.1) is 5.92 Å². The molecule has 0 fully saturated rings. The van der Waals surface area contributed by atoms with E-state index in [1.807, 2.05) is 12.1 Å². The van der Waals surface area contributed by atoms with E-state index in [1.54, 1.807) is 12.3 Å².